The summed E-state index contributed by atoms with van der Waals surface area (Å²) in [5, 5.41) is 9.57. The molecule has 39 heavy (non-hydrogen) atoms. The van der Waals surface area contributed by atoms with Gasteiger partial charge in [-0.25, -0.2) is 14.4 Å². The van der Waals surface area contributed by atoms with Gasteiger partial charge in [-0.3, -0.25) is 0 Å². The summed E-state index contributed by atoms with van der Waals surface area (Å²) < 4.78 is 35.5. The zero-order valence-electron chi connectivity index (χ0n) is 21.9. The smallest absolute Gasteiger partial charge is 0.193 e. The third-order valence-corrected chi connectivity index (χ3v) is 9.64. The lowest BCUT2D eigenvalue weighted by Gasteiger charge is -2.45. The molecule has 0 amide bonds. The summed E-state index contributed by atoms with van der Waals surface area (Å²) in [6.07, 6.45) is 8.91. The zero-order chi connectivity index (χ0) is 27.0. The van der Waals surface area contributed by atoms with Crippen molar-refractivity contribution in [1.82, 2.24) is 9.29 Å². The van der Waals surface area contributed by atoms with Crippen molar-refractivity contribution in [2.75, 3.05) is 44.3 Å². The first-order valence-corrected chi connectivity index (χ1v) is 14.8. The summed E-state index contributed by atoms with van der Waals surface area (Å²) in [7, 11) is -1.82. The molecule has 2 atom stereocenters. The van der Waals surface area contributed by atoms with Gasteiger partial charge in [-0.05, 0) is 85.8 Å². The highest BCUT2D eigenvalue weighted by molar-refractivity contribution is 7.82. The van der Waals surface area contributed by atoms with E-state index in [4.69, 9.17) is 15.5 Å². The summed E-state index contributed by atoms with van der Waals surface area (Å²) in [5.74, 6) is 1.14. The third-order valence-electron chi connectivity index (χ3n) is 8.08. The van der Waals surface area contributed by atoms with E-state index >= 15 is 0 Å². The van der Waals surface area contributed by atoms with E-state index in [1.54, 1.807) is 24.5 Å². The van der Waals surface area contributed by atoms with Crippen LogP contribution in [0, 0.1) is 17.2 Å². The second kappa shape index (κ2) is 10.9. The van der Waals surface area contributed by atoms with E-state index in [9.17, 15) is 13.7 Å². The Hall–Kier alpha value is -2.92. The number of ether oxygens (including phenoxy) is 1. The van der Waals surface area contributed by atoms with E-state index < -0.39 is 11.0 Å². The molecule has 0 bridgehead atoms. The van der Waals surface area contributed by atoms with Gasteiger partial charge in [0.15, 0.2) is 15.9 Å². The van der Waals surface area contributed by atoms with Crippen LogP contribution in [0.2, 0.25) is 0 Å². The molecule has 0 radical (unpaired) electrons. The minimum atomic E-state index is -1.82. The number of nitrogens with two attached hydrogens (primary N) is 1. The number of thiol groups is 1. The molecule has 1 saturated carbocycles. The first-order chi connectivity index (χ1) is 18.9. The number of halogens is 1. The second-order valence-corrected chi connectivity index (χ2v) is 12.7. The highest BCUT2D eigenvalue weighted by Crippen LogP contribution is 2.46. The monoisotopic (exact) mass is 552 g/mol. The SMILES string of the molecule is NC=C1CC2(COCC3CC3)CN([SH+](=O)c3ccc(N4CC(O)C4)nc3)CCC2=CC1=Nc1ccc(F)cc1. The van der Waals surface area contributed by atoms with Crippen molar-refractivity contribution in [3.63, 3.8) is 0 Å². The number of nitrogens with zero attached hydrogens (tertiary/aromatic N) is 4. The number of hydrogen-bond acceptors (Lipinski definition) is 7. The number of aliphatic hydroxyl groups is 1. The number of benzene rings is 1. The van der Waals surface area contributed by atoms with Crippen LogP contribution < -0.4 is 10.6 Å². The number of piperidine rings is 1. The zero-order valence-corrected chi connectivity index (χ0v) is 22.8. The Kier molecular flexibility index (Phi) is 7.37. The molecule has 0 spiro atoms. The fourth-order valence-electron chi connectivity index (χ4n) is 5.59. The summed E-state index contributed by atoms with van der Waals surface area (Å²) in [6, 6.07) is 9.89. The van der Waals surface area contributed by atoms with Crippen LogP contribution in [-0.4, -0.2) is 65.6 Å². The normalized spacial score (nSPS) is 26.8. The minimum absolute atomic E-state index is 0.298. The van der Waals surface area contributed by atoms with Crippen LogP contribution in [0.3, 0.4) is 0 Å². The maximum absolute atomic E-state index is 13.7. The van der Waals surface area contributed by atoms with Crippen LogP contribution >= 0.6 is 0 Å². The van der Waals surface area contributed by atoms with Crippen LogP contribution in [-0.2, 0) is 19.9 Å². The van der Waals surface area contributed by atoms with Crippen molar-refractivity contribution in [2.24, 2.45) is 22.1 Å². The second-order valence-electron chi connectivity index (χ2n) is 11.1. The Bertz CT molecular complexity index is 1320. The lowest BCUT2D eigenvalue weighted by Crippen LogP contribution is -2.51. The van der Waals surface area contributed by atoms with Crippen molar-refractivity contribution in [3.05, 3.63) is 71.8 Å². The predicted octanol–water partition coefficient (Wildman–Crippen LogP) is 3.44. The number of β-amino-alcohol motifs (C(OH)–C–C–N with tert-alkyl or cyclic N) is 1. The standard InChI is InChI=1S/C29H34FN5O3S/c30-23-3-5-24(6-4-23)33-27-11-22-9-10-35(18-29(22,12-21(27)13-31)19-38-17-20-1-2-20)39(37)26-7-8-28(32-14-26)34-15-25(36)16-34/h3-8,11,13-14,20,25,36H,1-2,9-10,12,15-19,31H2/p+1. The first kappa shape index (κ1) is 26.3. The van der Waals surface area contributed by atoms with E-state index in [1.165, 1.54) is 30.5 Å². The highest BCUT2D eigenvalue weighted by Gasteiger charge is 2.47. The van der Waals surface area contributed by atoms with Gasteiger partial charge in [0, 0.05) is 31.7 Å². The molecule has 8 nitrogen and oxygen atoms in total. The lowest BCUT2D eigenvalue weighted by atomic mass is 9.68. The van der Waals surface area contributed by atoms with Gasteiger partial charge >= 0.3 is 0 Å². The minimum Gasteiger partial charge on any atom is -0.404 e. The maximum atomic E-state index is 13.7. The topological polar surface area (TPSA) is 104 Å². The number of fused-ring (bicyclic) bond motifs is 1. The van der Waals surface area contributed by atoms with Gasteiger partial charge < -0.3 is 20.5 Å². The molecule has 2 aromatic rings. The molecule has 3 heterocycles. The average molecular weight is 553 g/mol. The number of rotatable bonds is 8. The maximum Gasteiger partial charge on any atom is 0.193 e. The van der Waals surface area contributed by atoms with E-state index in [2.05, 4.69) is 11.1 Å². The van der Waals surface area contributed by atoms with Crippen molar-refractivity contribution in [3.8, 4) is 0 Å². The molecule has 206 valence electrons. The molecule has 3 N–H and O–H groups in total. The van der Waals surface area contributed by atoms with E-state index in [0.29, 0.717) is 55.7 Å². The Morgan fingerprint density at radius 1 is 1.23 bits per heavy atom. The van der Waals surface area contributed by atoms with Crippen LogP contribution in [0.1, 0.15) is 25.7 Å². The van der Waals surface area contributed by atoms with Gasteiger partial charge in [-0.15, -0.1) is 4.31 Å². The Balaban J connectivity index is 1.25. The van der Waals surface area contributed by atoms with Gasteiger partial charge in [-0.1, -0.05) is 9.78 Å². The summed E-state index contributed by atoms with van der Waals surface area (Å²) in [6.45, 7) is 3.66. The van der Waals surface area contributed by atoms with E-state index in [1.807, 2.05) is 21.3 Å². The molecule has 2 unspecified atom stereocenters. The van der Waals surface area contributed by atoms with Gasteiger partial charge in [0.1, 0.15) is 11.6 Å². The summed E-state index contributed by atoms with van der Waals surface area (Å²) in [5.41, 5.74) is 9.35. The van der Waals surface area contributed by atoms with Crippen LogP contribution in [0.25, 0.3) is 0 Å². The lowest BCUT2D eigenvalue weighted by molar-refractivity contribution is 0.0366. The average Bonchev–Trinajstić information content (AvgIpc) is 3.76. The van der Waals surface area contributed by atoms with Crippen LogP contribution in [0.5, 0.6) is 0 Å². The Labute approximate surface area is 230 Å². The molecule has 2 aliphatic heterocycles. The highest BCUT2D eigenvalue weighted by atomic mass is 32.2. The molecule has 10 heteroatoms. The fourth-order valence-corrected chi connectivity index (χ4v) is 6.96. The van der Waals surface area contributed by atoms with E-state index in [0.717, 1.165) is 30.1 Å². The number of allylic oxidation sites excluding steroid dienone is 2. The first-order valence-electron chi connectivity index (χ1n) is 13.6. The number of aromatic nitrogens is 1. The van der Waals surface area contributed by atoms with Crippen molar-refractivity contribution in [1.29, 1.82) is 0 Å². The van der Waals surface area contributed by atoms with Crippen LogP contribution in [0.15, 0.2) is 75.9 Å². The third kappa shape index (κ3) is 5.70. The van der Waals surface area contributed by atoms with E-state index in [-0.39, 0.29) is 17.3 Å². The molecule has 3 fully saturated rings. The quantitative estimate of drug-likeness (QED) is 0.384. The number of anilines is 1. The molecule has 1 aromatic heterocycles. The fraction of sp³-hybridized carbons (Fsp3) is 0.448. The van der Waals surface area contributed by atoms with Crippen molar-refractivity contribution < 1.29 is 18.4 Å². The number of aliphatic imine (C=N–C) groups is 1. The summed E-state index contributed by atoms with van der Waals surface area (Å²) in [4.78, 5) is 12.0. The molecule has 6 rings (SSSR count). The molecular weight excluding hydrogens is 517 g/mol. The largest absolute Gasteiger partial charge is 0.404 e. The molecule has 2 saturated heterocycles. The molecule has 4 aliphatic rings. The van der Waals surface area contributed by atoms with Crippen molar-refractivity contribution >= 4 is 28.2 Å². The molecule has 2 aliphatic carbocycles. The van der Waals surface area contributed by atoms with Gasteiger partial charge in [-0.2, -0.15) is 0 Å². The Morgan fingerprint density at radius 2 is 2.03 bits per heavy atom. The number of aliphatic hydroxyl groups excluding tert-OH is 1. The van der Waals surface area contributed by atoms with Gasteiger partial charge in [0.25, 0.3) is 0 Å². The number of hydrogen-bond donors (Lipinski definition) is 2. The molecule has 1 aromatic carbocycles. The Morgan fingerprint density at radius 3 is 2.69 bits per heavy atom. The van der Waals surface area contributed by atoms with Gasteiger partial charge in [0.05, 0.1) is 36.9 Å². The predicted molar refractivity (Wildman–Crippen MR) is 151 cm³/mol. The number of pyridine rings is 1. The van der Waals surface area contributed by atoms with Crippen molar-refractivity contribution in [2.45, 2.75) is 36.7 Å². The molecular formula is C29H35FN5O3S+. The van der Waals surface area contributed by atoms with Gasteiger partial charge in [0.2, 0.25) is 0 Å². The summed E-state index contributed by atoms with van der Waals surface area (Å²) >= 11 is 0. The van der Waals surface area contributed by atoms with Crippen LogP contribution in [0.4, 0.5) is 15.9 Å².